The van der Waals surface area contributed by atoms with Crippen LogP contribution < -0.4 is 5.32 Å². The van der Waals surface area contributed by atoms with Crippen LogP contribution in [0.5, 0.6) is 0 Å². The normalized spacial score (nSPS) is 20.1. The van der Waals surface area contributed by atoms with Crippen LogP contribution in [0, 0.1) is 0 Å². The molecule has 1 aromatic rings. The molecular weight excluding hydrogens is 256 g/mol. The summed E-state index contributed by atoms with van der Waals surface area (Å²) in [6.45, 7) is 12.7. The van der Waals surface area contributed by atoms with Crippen molar-refractivity contribution in [3.63, 3.8) is 0 Å². The minimum atomic E-state index is 0.122. The molecule has 0 spiro atoms. The molecule has 0 aromatic carbocycles. The summed E-state index contributed by atoms with van der Waals surface area (Å²) >= 11 is 1.88. The van der Waals surface area contributed by atoms with Crippen molar-refractivity contribution in [1.29, 1.82) is 0 Å². The largest absolute Gasteiger partial charge is 0.381 e. The zero-order chi connectivity index (χ0) is 13.9. The molecule has 1 aliphatic rings. The molecule has 0 radical (unpaired) electrons. The van der Waals surface area contributed by atoms with Gasteiger partial charge in [0.25, 0.3) is 0 Å². The van der Waals surface area contributed by atoms with Gasteiger partial charge in [0.15, 0.2) is 0 Å². The number of nitrogens with zero attached hydrogens (tertiary/aromatic N) is 1. The van der Waals surface area contributed by atoms with Crippen LogP contribution in [-0.2, 0) is 16.7 Å². The van der Waals surface area contributed by atoms with Gasteiger partial charge in [-0.25, -0.2) is 4.98 Å². The molecule has 1 unspecified atom stereocenters. The maximum atomic E-state index is 5.50. The third-order valence-electron chi connectivity index (χ3n) is 3.42. The number of thiazole rings is 1. The number of nitrogens with one attached hydrogen (secondary N) is 1. The lowest BCUT2D eigenvalue weighted by atomic mass is 9.91. The standard InChI is InChI=1S/C15H26N2OS/c1-5-7-16-9-12-13(15(2,3)4)17-14(19-12)11-6-8-18-10-11/h11,16H,5-10H2,1-4H3. The van der Waals surface area contributed by atoms with Crippen molar-refractivity contribution in [2.45, 2.75) is 58.4 Å². The highest BCUT2D eigenvalue weighted by Crippen LogP contribution is 2.35. The van der Waals surface area contributed by atoms with Crippen molar-refractivity contribution in [2.24, 2.45) is 0 Å². The van der Waals surface area contributed by atoms with Crippen molar-refractivity contribution in [1.82, 2.24) is 10.3 Å². The van der Waals surface area contributed by atoms with Crippen molar-refractivity contribution in [2.75, 3.05) is 19.8 Å². The second-order valence-electron chi connectivity index (χ2n) is 6.31. The van der Waals surface area contributed by atoms with Crippen molar-refractivity contribution < 1.29 is 4.74 Å². The summed E-state index contributed by atoms with van der Waals surface area (Å²) < 4.78 is 5.50. The summed E-state index contributed by atoms with van der Waals surface area (Å²) in [5.74, 6) is 0.519. The highest BCUT2D eigenvalue weighted by molar-refractivity contribution is 7.11. The van der Waals surface area contributed by atoms with Gasteiger partial charge in [0.05, 0.1) is 17.3 Å². The molecule has 0 amide bonds. The van der Waals surface area contributed by atoms with E-state index in [9.17, 15) is 0 Å². The molecule has 1 saturated heterocycles. The Balaban J connectivity index is 2.18. The van der Waals surface area contributed by atoms with E-state index in [1.54, 1.807) is 0 Å². The van der Waals surface area contributed by atoms with E-state index in [2.05, 4.69) is 33.0 Å². The van der Waals surface area contributed by atoms with Crippen LogP contribution in [0.2, 0.25) is 0 Å². The van der Waals surface area contributed by atoms with E-state index >= 15 is 0 Å². The lowest BCUT2D eigenvalue weighted by molar-refractivity contribution is 0.194. The third kappa shape index (κ3) is 3.77. The first kappa shape index (κ1) is 14.9. The van der Waals surface area contributed by atoms with E-state index in [4.69, 9.17) is 9.72 Å². The minimum absolute atomic E-state index is 0.122. The van der Waals surface area contributed by atoms with Crippen molar-refractivity contribution >= 4 is 11.3 Å². The lowest BCUT2D eigenvalue weighted by Gasteiger charge is -2.17. The minimum Gasteiger partial charge on any atom is -0.381 e. The van der Waals surface area contributed by atoms with Gasteiger partial charge in [-0.3, -0.25) is 0 Å². The molecule has 1 atom stereocenters. The second-order valence-corrected chi connectivity index (χ2v) is 7.43. The molecule has 0 aliphatic carbocycles. The summed E-state index contributed by atoms with van der Waals surface area (Å²) in [5, 5.41) is 4.78. The Labute approximate surface area is 120 Å². The molecule has 3 nitrogen and oxygen atoms in total. The van der Waals surface area contributed by atoms with Crippen LogP contribution in [0.25, 0.3) is 0 Å². The highest BCUT2D eigenvalue weighted by Gasteiger charge is 2.27. The Bertz CT molecular complexity index is 403. The van der Waals surface area contributed by atoms with Gasteiger partial charge < -0.3 is 10.1 Å². The topological polar surface area (TPSA) is 34.1 Å². The number of aromatic nitrogens is 1. The molecule has 4 heteroatoms. The Morgan fingerprint density at radius 3 is 2.79 bits per heavy atom. The Morgan fingerprint density at radius 1 is 1.42 bits per heavy atom. The van der Waals surface area contributed by atoms with Gasteiger partial charge >= 0.3 is 0 Å². The molecular formula is C15H26N2OS. The number of hydrogen-bond acceptors (Lipinski definition) is 4. The molecule has 19 heavy (non-hydrogen) atoms. The number of hydrogen-bond donors (Lipinski definition) is 1. The van der Waals surface area contributed by atoms with E-state index in [1.807, 2.05) is 11.3 Å². The van der Waals surface area contributed by atoms with Gasteiger partial charge in [-0.1, -0.05) is 27.7 Å². The van der Waals surface area contributed by atoms with Crippen molar-refractivity contribution in [3.05, 3.63) is 15.6 Å². The molecule has 1 N–H and O–H groups in total. The lowest BCUT2D eigenvalue weighted by Crippen LogP contribution is -2.19. The molecule has 2 rings (SSSR count). The Morgan fingerprint density at radius 2 is 2.21 bits per heavy atom. The third-order valence-corrected chi connectivity index (χ3v) is 4.63. The monoisotopic (exact) mass is 282 g/mol. The molecule has 108 valence electrons. The van der Waals surface area contributed by atoms with E-state index in [0.717, 1.165) is 32.7 Å². The van der Waals surface area contributed by atoms with E-state index in [1.165, 1.54) is 22.0 Å². The summed E-state index contributed by atoms with van der Waals surface area (Å²) in [5.41, 5.74) is 1.39. The molecule has 1 fully saturated rings. The Hall–Kier alpha value is -0.450. The van der Waals surface area contributed by atoms with Gasteiger partial charge in [0, 0.05) is 29.4 Å². The second kappa shape index (κ2) is 6.33. The fourth-order valence-corrected chi connectivity index (χ4v) is 3.72. The Kier molecular flexibility index (Phi) is 4.98. The van der Waals surface area contributed by atoms with E-state index in [0.29, 0.717) is 5.92 Å². The summed E-state index contributed by atoms with van der Waals surface area (Å²) in [4.78, 5) is 6.35. The fourth-order valence-electron chi connectivity index (χ4n) is 2.36. The SMILES string of the molecule is CCCNCc1sc(C2CCOC2)nc1C(C)(C)C. The first-order valence-corrected chi connectivity index (χ1v) is 8.12. The summed E-state index contributed by atoms with van der Waals surface area (Å²) in [6.07, 6.45) is 2.30. The summed E-state index contributed by atoms with van der Waals surface area (Å²) in [6, 6.07) is 0. The van der Waals surface area contributed by atoms with E-state index in [-0.39, 0.29) is 5.41 Å². The molecule has 0 saturated carbocycles. The van der Waals surface area contributed by atoms with Gasteiger partial charge in [0.1, 0.15) is 0 Å². The zero-order valence-electron chi connectivity index (χ0n) is 12.6. The molecule has 1 aromatic heterocycles. The van der Waals surface area contributed by atoms with Gasteiger partial charge in [0.2, 0.25) is 0 Å². The van der Waals surface area contributed by atoms with E-state index < -0.39 is 0 Å². The summed E-state index contributed by atoms with van der Waals surface area (Å²) in [7, 11) is 0. The molecule has 0 bridgehead atoms. The first-order chi connectivity index (χ1) is 9.02. The van der Waals surface area contributed by atoms with Crippen LogP contribution in [0.4, 0.5) is 0 Å². The average Bonchev–Trinajstić information content (AvgIpc) is 2.96. The number of ether oxygens (including phenoxy) is 1. The van der Waals surface area contributed by atoms with Crippen LogP contribution >= 0.6 is 11.3 Å². The maximum Gasteiger partial charge on any atom is 0.0986 e. The van der Waals surface area contributed by atoms with Crippen LogP contribution in [-0.4, -0.2) is 24.7 Å². The van der Waals surface area contributed by atoms with Crippen molar-refractivity contribution in [3.8, 4) is 0 Å². The highest BCUT2D eigenvalue weighted by atomic mass is 32.1. The molecule has 2 heterocycles. The predicted octanol–water partition coefficient (Wildman–Crippen LogP) is 3.44. The number of rotatable bonds is 5. The zero-order valence-corrected chi connectivity index (χ0v) is 13.4. The predicted molar refractivity (Wildman–Crippen MR) is 81.0 cm³/mol. The van der Waals surface area contributed by atoms with Crippen LogP contribution in [0.15, 0.2) is 0 Å². The smallest absolute Gasteiger partial charge is 0.0986 e. The van der Waals surface area contributed by atoms with Gasteiger partial charge in [-0.05, 0) is 19.4 Å². The first-order valence-electron chi connectivity index (χ1n) is 7.31. The van der Waals surface area contributed by atoms with Crippen LogP contribution in [0.3, 0.4) is 0 Å². The van der Waals surface area contributed by atoms with Gasteiger partial charge in [-0.2, -0.15) is 0 Å². The molecule has 1 aliphatic heterocycles. The quantitative estimate of drug-likeness (QED) is 0.840. The maximum absolute atomic E-state index is 5.50. The van der Waals surface area contributed by atoms with Gasteiger partial charge in [-0.15, -0.1) is 11.3 Å². The fraction of sp³-hybridized carbons (Fsp3) is 0.800. The average molecular weight is 282 g/mol. The van der Waals surface area contributed by atoms with Crippen LogP contribution in [0.1, 0.15) is 62.0 Å².